The minimum atomic E-state index is -0.228. The Morgan fingerprint density at radius 1 is 1.22 bits per heavy atom. The van der Waals surface area contributed by atoms with Gasteiger partial charge in [0, 0.05) is 11.0 Å². The van der Waals surface area contributed by atoms with Gasteiger partial charge in [0.1, 0.15) is 0 Å². The summed E-state index contributed by atoms with van der Waals surface area (Å²) in [5.74, 6) is 1.30. The van der Waals surface area contributed by atoms with Crippen molar-refractivity contribution in [2.24, 2.45) is 0 Å². The highest BCUT2D eigenvalue weighted by molar-refractivity contribution is 7.99. The van der Waals surface area contributed by atoms with Gasteiger partial charge in [-0.15, -0.1) is 16.9 Å². The van der Waals surface area contributed by atoms with Crippen molar-refractivity contribution >= 4 is 23.7 Å². The molecule has 0 aliphatic carbocycles. The van der Waals surface area contributed by atoms with Crippen molar-refractivity contribution < 1.29 is 13.7 Å². The Morgan fingerprint density at radius 3 is 2.74 bits per heavy atom. The molecule has 118 valence electrons. The van der Waals surface area contributed by atoms with Crippen LogP contribution in [-0.4, -0.2) is 27.0 Å². The number of anilines is 1. The number of nitrogens with one attached hydrogen (secondary N) is 1. The van der Waals surface area contributed by atoms with E-state index < -0.39 is 0 Å². The number of benzene rings is 1. The molecule has 1 N–H and O–H groups in total. The van der Waals surface area contributed by atoms with Crippen molar-refractivity contribution in [1.82, 2.24) is 15.4 Å². The molecule has 0 bridgehead atoms. The largest absolute Gasteiger partial charge is 0.400 e. The van der Waals surface area contributed by atoms with Crippen molar-refractivity contribution in [3.05, 3.63) is 42.1 Å². The van der Waals surface area contributed by atoms with Gasteiger partial charge in [0.15, 0.2) is 0 Å². The molecule has 7 nitrogen and oxygen atoms in total. The molecule has 0 fully saturated rings. The van der Waals surface area contributed by atoms with Crippen LogP contribution >= 0.6 is 11.8 Å². The maximum Gasteiger partial charge on any atom is 0.322 e. The summed E-state index contributed by atoms with van der Waals surface area (Å²) in [6, 6.07) is 9.50. The first-order chi connectivity index (χ1) is 11.2. The number of amides is 1. The number of hydrogen-bond donors (Lipinski definition) is 1. The highest BCUT2D eigenvalue weighted by Crippen LogP contribution is 2.20. The molecule has 3 rings (SSSR count). The van der Waals surface area contributed by atoms with Crippen molar-refractivity contribution in [3.8, 4) is 11.7 Å². The molecule has 2 aromatic heterocycles. The predicted octanol–water partition coefficient (Wildman–Crippen LogP) is 3.02. The molecule has 0 saturated heterocycles. The zero-order valence-electron chi connectivity index (χ0n) is 12.4. The van der Waals surface area contributed by atoms with Gasteiger partial charge in [-0.3, -0.25) is 10.1 Å². The van der Waals surface area contributed by atoms with Gasteiger partial charge >= 0.3 is 6.01 Å². The van der Waals surface area contributed by atoms with Crippen LogP contribution in [0.2, 0.25) is 0 Å². The second kappa shape index (κ2) is 7.10. The number of thioether (sulfide) groups is 1. The quantitative estimate of drug-likeness (QED) is 0.694. The molecule has 0 unspecified atom stereocenters. The van der Waals surface area contributed by atoms with E-state index in [1.54, 1.807) is 17.8 Å². The van der Waals surface area contributed by atoms with Crippen LogP contribution in [0, 0.1) is 0 Å². The van der Waals surface area contributed by atoms with Gasteiger partial charge in [-0.25, -0.2) is 0 Å². The fraction of sp³-hybridized carbons (Fsp3) is 0.200. The normalized spacial score (nSPS) is 10.7. The maximum absolute atomic E-state index is 12.0. The van der Waals surface area contributed by atoms with Crippen molar-refractivity contribution in [2.45, 2.75) is 18.2 Å². The van der Waals surface area contributed by atoms with E-state index in [0.717, 1.165) is 11.3 Å². The molecule has 0 saturated carbocycles. The van der Waals surface area contributed by atoms with E-state index in [2.05, 4.69) is 27.6 Å². The van der Waals surface area contributed by atoms with E-state index in [9.17, 15) is 4.79 Å². The molecule has 2 heterocycles. The Balaban J connectivity index is 1.59. The predicted molar refractivity (Wildman–Crippen MR) is 85.0 cm³/mol. The summed E-state index contributed by atoms with van der Waals surface area (Å²) >= 11 is 1.76. The number of rotatable bonds is 6. The zero-order chi connectivity index (χ0) is 16.1. The number of carbonyl (C=O) groups excluding carboxylic acids is 1. The lowest BCUT2D eigenvalue weighted by Gasteiger charge is -2.03. The average molecular weight is 330 g/mol. The summed E-state index contributed by atoms with van der Waals surface area (Å²) in [5.41, 5.74) is 0.915. The number of aromatic nitrogens is 3. The minimum absolute atomic E-state index is 0.0274. The second-order valence-electron chi connectivity index (χ2n) is 4.59. The lowest BCUT2D eigenvalue weighted by atomic mass is 10.1. The van der Waals surface area contributed by atoms with Gasteiger partial charge in [0.2, 0.25) is 11.7 Å². The first kappa shape index (κ1) is 15.3. The van der Waals surface area contributed by atoms with E-state index in [0.29, 0.717) is 5.76 Å². The summed E-state index contributed by atoms with van der Waals surface area (Å²) in [5, 5.41) is 13.7. The monoisotopic (exact) mass is 330 g/mol. The van der Waals surface area contributed by atoms with Gasteiger partial charge in [-0.1, -0.05) is 29.3 Å². The summed E-state index contributed by atoms with van der Waals surface area (Å²) in [6.07, 6.45) is 1.70. The third-order valence-corrected chi connectivity index (χ3v) is 3.81. The Bertz CT molecular complexity index is 768. The Morgan fingerprint density at radius 2 is 2.04 bits per heavy atom. The lowest BCUT2D eigenvalue weighted by molar-refractivity contribution is -0.115. The van der Waals surface area contributed by atoms with Gasteiger partial charge in [-0.2, -0.15) is 0 Å². The first-order valence-corrected chi connectivity index (χ1v) is 7.99. The Labute approximate surface area is 136 Å². The van der Waals surface area contributed by atoms with E-state index >= 15 is 0 Å². The Kier molecular flexibility index (Phi) is 4.72. The van der Waals surface area contributed by atoms with E-state index in [4.69, 9.17) is 8.94 Å². The number of carbonyl (C=O) groups is 1. The van der Waals surface area contributed by atoms with E-state index in [1.165, 1.54) is 11.1 Å². The summed E-state index contributed by atoms with van der Waals surface area (Å²) in [6.45, 7) is 2.10. The minimum Gasteiger partial charge on any atom is -0.400 e. The van der Waals surface area contributed by atoms with E-state index in [1.807, 2.05) is 24.3 Å². The summed E-state index contributed by atoms with van der Waals surface area (Å²) < 4.78 is 10.2. The molecule has 0 radical (unpaired) electrons. The molecular weight excluding hydrogens is 316 g/mol. The van der Waals surface area contributed by atoms with Crippen LogP contribution in [-0.2, 0) is 11.2 Å². The topological polar surface area (TPSA) is 94.1 Å². The third kappa shape index (κ3) is 3.98. The van der Waals surface area contributed by atoms with Crippen LogP contribution in [0.3, 0.4) is 0 Å². The molecule has 23 heavy (non-hydrogen) atoms. The molecule has 0 aliphatic rings. The molecule has 1 aromatic carbocycles. The summed E-state index contributed by atoms with van der Waals surface area (Å²) in [4.78, 5) is 13.2. The van der Waals surface area contributed by atoms with Crippen LogP contribution in [0.1, 0.15) is 12.5 Å². The average Bonchev–Trinajstić information content (AvgIpc) is 3.20. The molecule has 0 aliphatic heterocycles. The molecule has 0 spiro atoms. The second-order valence-corrected chi connectivity index (χ2v) is 5.93. The number of hydrogen-bond acceptors (Lipinski definition) is 7. The first-order valence-electron chi connectivity index (χ1n) is 7.00. The molecule has 8 heteroatoms. The van der Waals surface area contributed by atoms with Gasteiger partial charge < -0.3 is 8.94 Å². The van der Waals surface area contributed by atoms with Gasteiger partial charge in [-0.05, 0) is 23.4 Å². The van der Waals surface area contributed by atoms with Gasteiger partial charge in [0.05, 0.1) is 12.6 Å². The van der Waals surface area contributed by atoms with Crippen LogP contribution in [0.4, 0.5) is 6.01 Å². The summed E-state index contributed by atoms with van der Waals surface area (Å²) in [7, 11) is 0. The van der Waals surface area contributed by atoms with Crippen molar-refractivity contribution in [1.29, 1.82) is 0 Å². The van der Waals surface area contributed by atoms with Crippen LogP contribution in [0.5, 0.6) is 0 Å². The van der Waals surface area contributed by atoms with E-state index in [-0.39, 0.29) is 24.2 Å². The molecule has 0 atom stereocenters. The highest BCUT2D eigenvalue weighted by atomic mass is 32.2. The molecule has 1 amide bonds. The van der Waals surface area contributed by atoms with Crippen LogP contribution in [0.15, 0.2) is 50.4 Å². The Hall–Kier alpha value is -2.61. The van der Waals surface area contributed by atoms with Crippen molar-refractivity contribution in [2.75, 3.05) is 11.1 Å². The standard InChI is InChI=1S/C15H14N4O3S/c1-2-23-11-5-3-10(4-6-11)9-13(20)17-15-19-18-14(21-15)12-7-8-16-22-12/h3-8H,2,9H2,1H3,(H,17,19,20). The van der Waals surface area contributed by atoms with Crippen LogP contribution < -0.4 is 5.32 Å². The fourth-order valence-electron chi connectivity index (χ4n) is 1.92. The smallest absolute Gasteiger partial charge is 0.322 e. The third-order valence-electron chi connectivity index (χ3n) is 2.92. The maximum atomic E-state index is 12.0. The van der Waals surface area contributed by atoms with Crippen molar-refractivity contribution in [3.63, 3.8) is 0 Å². The zero-order valence-corrected chi connectivity index (χ0v) is 13.2. The fourth-order valence-corrected chi connectivity index (χ4v) is 2.58. The lowest BCUT2D eigenvalue weighted by Crippen LogP contribution is -2.14. The van der Waals surface area contributed by atoms with Crippen LogP contribution in [0.25, 0.3) is 11.7 Å². The highest BCUT2D eigenvalue weighted by Gasteiger charge is 2.14. The number of nitrogens with zero attached hydrogens (tertiary/aromatic N) is 3. The SMILES string of the molecule is CCSc1ccc(CC(=O)Nc2nnc(-c3ccno3)o2)cc1. The molecular formula is C15H14N4O3S. The molecule has 3 aromatic rings. The van der Waals surface area contributed by atoms with Gasteiger partial charge in [0.25, 0.3) is 5.89 Å².